The van der Waals surface area contributed by atoms with E-state index in [2.05, 4.69) is 4.74 Å². The molecule has 5 heteroatoms. The van der Waals surface area contributed by atoms with Gasteiger partial charge in [0, 0.05) is 0 Å². The van der Waals surface area contributed by atoms with E-state index in [1.54, 1.807) is 20.8 Å². The van der Waals surface area contributed by atoms with Crippen molar-refractivity contribution in [3.8, 4) is 0 Å². The Morgan fingerprint density at radius 1 is 1.62 bits per heavy atom. The highest BCUT2D eigenvalue weighted by Gasteiger charge is 2.08. The number of esters is 1. The maximum Gasteiger partial charge on any atom is 0.334 e. The number of aliphatic hydroxyl groups excluding tert-OH is 1. The molecule has 0 aliphatic carbocycles. The zero-order valence-electron chi connectivity index (χ0n) is 9.16. The molecule has 0 aliphatic rings. The molecular formula is C11H12BFO3. The molecule has 16 heavy (non-hydrogen) atoms. The van der Waals surface area contributed by atoms with E-state index in [1.165, 1.54) is 12.1 Å². The number of rotatable bonds is 3. The molecule has 0 atom stereocenters. The van der Waals surface area contributed by atoms with Crippen molar-refractivity contribution in [2.45, 2.75) is 6.92 Å². The van der Waals surface area contributed by atoms with E-state index >= 15 is 0 Å². The van der Waals surface area contributed by atoms with Gasteiger partial charge in [-0.15, -0.1) is 0 Å². The fourth-order valence-electron chi connectivity index (χ4n) is 1.20. The molecule has 1 rings (SSSR count). The second-order valence-electron chi connectivity index (χ2n) is 3.26. The first-order chi connectivity index (χ1) is 7.54. The van der Waals surface area contributed by atoms with Gasteiger partial charge in [-0.25, -0.2) is 9.18 Å². The van der Waals surface area contributed by atoms with E-state index in [1.807, 2.05) is 0 Å². The highest BCUT2D eigenvalue weighted by molar-refractivity contribution is 6.32. The highest BCUT2D eigenvalue weighted by Crippen LogP contribution is 2.14. The second-order valence-corrected chi connectivity index (χ2v) is 3.26. The summed E-state index contributed by atoms with van der Waals surface area (Å²) in [6.07, 6.45) is 0.858. The van der Waals surface area contributed by atoms with Gasteiger partial charge in [-0.3, -0.25) is 0 Å². The standard InChI is InChI=1S/C11H12BFO3/c1-2-16-11(15)6-10(14)8-4-3-7(12)5-9(8)13/h3-6,14H,2,12H2,1H3/b10-6-. The van der Waals surface area contributed by atoms with E-state index in [0.717, 1.165) is 11.5 Å². The van der Waals surface area contributed by atoms with Crippen LogP contribution in [0.5, 0.6) is 0 Å². The molecule has 0 saturated carbocycles. The summed E-state index contributed by atoms with van der Waals surface area (Å²) >= 11 is 0. The largest absolute Gasteiger partial charge is 0.507 e. The molecule has 0 amide bonds. The molecule has 0 fully saturated rings. The third kappa shape index (κ3) is 3.12. The van der Waals surface area contributed by atoms with Crippen LogP contribution in [-0.2, 0) is 9.53 Å². The molecule has 1 N–H and O–H groups in total. The van der Waals surface area contributed by atoms with Crippen LogP contribution in [0.2, 0.25) is 0 Å². The van der Waals surface area contributed by atoms with Crippen LogP contribution in [0.3, 0.4) is 0 Å². The van der Waals surface area contributed by atoms with Gasteiger partial charge in [-0.2, -0.15) is 0 Å². The van der Waals surface area contributed by atoms with Gasteiger partial charge in [0.25, 0.3) is 0 Å². The summed E-state index contributed by atoms with van der Waals surface area (Å²) in [6, 6.07) is 4.34. The first-order valence-corrected chi connectivity index (χ1v) is 4.88. The molecule has 0 spiro atoms. The van der Waals surface area contributed by atoms with Crippen molar-refractivity contribution in [2.75, 3.05) is 6.61 Å². The molecule has 3 nitrogen and oxygen atoms in total. The molecular weight excluding hydrogens is 210 g/mol. The Hall–Kier alpha value is -1.78. The third-order valence-corrected chi connectivity index (χ3v) is 1.94. The van der Waals surface area contributed by atoms with Crippen molar-refractivity contribution in [3.63, 3.8) is 0 Å². The number of benzene rings is 1. The molecule has 0 aliphatic heterocycles. The molecule has 0 saturated heterocycles. The summed E-state index contributed by atoms with van der Waals surface area (Å²) in [6.45, 7) is 1.86. The lowest BCUT2D eigenvalue weighted by molar-refractivity contribution is -0.137. The summed E-state index contributed by atoms with van der Waals surface area (Å²) in [5.41, 5.74) is 0.726. The van der Waals surface area contributed by atoms with Crippen LogP contribution >= 0.6 is 0 Å². The Morgan fingerprint density at radius 2 is 2.31 bits per heavy atom. The minimum atomic E-state index is -0.694. The van der Waals surface area contributed by atoms with E-state index in [9.17, 15) is 14.3 Å². The maximum absolute atomic E-state index is 13.4. The third-order valence-electron chi connectivity index (χ3n) is 1.94. The van der Waals surface area contributed by atoms with Gasteiger partial charge in [0.2, 0.25) is 0 Å². The summed E-state index contributed by atoms with van der Waals surface area (Å²) in [5.74, 6) is -1.70. The Bertz CT molecular complexity index is 429. The minimum Gasteiger partial charge on any atom is -0.507 e. The maximum atomic E-state index is 13.4. The molecule has 0 radical (unpaired) electrons. The van der Waals surface area contributed by atoms with Crippen molar-refractivity contribution in [1.82, 2.24) is 0 Å². The summed E-state index contributed by atoms with van der Waals surface area (Å²) < 4.78 is 18.0. The predicted octanol–water partition coefficient (Wildman–Crippen LogP) is 0.546. The lowest BCUT2D eigenvalue weighted by atomic mass is 9.94. The first kappa shape index (κ1) is 12.3. The summed E-state index contributed by atoms with van der Waals surface area (Å²) in [5, 5.41) is 9.51. The highest BCUT2D eigenvalue weighted by atomic mass is 19.1. The van der Waals surface area contributed by atoms with Crippen LogP contribution in [0.15, 0.2) is 24.3 Å². The van der Waals surface area contributed by atoms with Crippen LogP contribution in [0, 0.1) is 5.82 Å². The van der Waals surface area contributed by atoms with Crippen molar-refractivity contribution < 1.29 is 19.0 Å². The smallest absolute Gasteiger partial charge is 0.334 e. The zero-order valence-corrected chi connectivity index (χ0v) is 9.16. The average Bonchev–Trinajstić information content (AvgIpc) is 2.17. The number of halogens is 1. The van der Waals surface area contributed by atoms with E-state index in [-0.39, 0.29) is 12.2 Å². The van der Waals surface area contributed by atoms with Gasteiger partial charge < -0.3 is 9.84 Å². The quantitative estimate of drug-likeness (QED) is 0.351. The lowest BCUT2D eigenvalue weighted by Gasteiger charge is -2.03. The topological polar surface area (TPSA) is 46.5 Å². The van der Waals surface area contributed by atoms with Crippen molar-refractivity contribution in [3.05, 3.63) is 35.7 Å². The van der Waals surface area contributed by atoms with Gasteiger partial charge in [-0.1, -0.05) is 11.5 Å². The van der Waals surface area contributed by atoms with Gasteiger partial charge in [0.05, 0.1) is 18.2 Å². The fourth-order valence-corrected chi connectivity index (χ4v) is 1.20. The van der Waals surface area contributed by atoms with Crippen LogP contribution < -0.4 is 5.46 Å². The van der Waals surface area contributed by atoms with Gasteiger partial charge in [-0.05, 0) is 19.1 Å². The summed E-state index contributed by atoms with van der Waals surface area (Å²) in [4.78, 5) is 11.0. The second kappa shape index (κ2) is 5.35. The zero-order chi connectivity index (χ0) is 12.1. The number of carbonyl (C=O) groups is 1. The Morgan fingerprint density at radius 3 is 2.88 bits per heavy atom. The molecule has 84 valence electrons. The summed E-state index contributed by atoms with van der Waals surface area (Å²) in [7, 11) is 1.74. The Kier molecular flexibility index (Phi) is 4.11. The normalized spacial score (nSPS) is 11.2. The average molecular weight is 222 g/mol. The van der Waals surface area contributed by atoms with Crippen LogP contribution in [-0.4, -0.2) is 25.5 Å². The van der Waals surface area contributed by atoms with Gasteiger partial charge in [0.1, 0.15) is 19.4 Å². The fraction of sp³-hybridized carbons (Fsp3) is 0.182. The lowest BCUT2D eigenvalue weighted by Crippen LogP contribution is -2.05. The predicted molar refractivity (Wildman–Crippen MR) is 61.8 cm³/mol. The molecule has 0 heterocycles. The minimum absolute atomic E-state index is 0.0151. The van der Waals surface area contributed by atoms with Crippen molar-refractivity contribution >= 4 is 25.0 Å². The first-order valence-electron chi connectivity index (χ1n) is 4.88. The Labute approximate surface area is 94.0 Å². The molecule has 1 aromatic carbocycles. The molecule has 1 aromatic rings. The number of aliphatic hydroxyl groups is 1. The van der Waals surface area contributed by atoms with E-state index < -0.39 is 17.5 Å². The Balaban J connectivity index is 2.96. The van der Waals surface area contributed by atoms with Crippen LogP contribution in [0.1, 0.15) is 12.5 Å². The van der Waals surface area contributed by atoms with Gasteiger partial charge in [0.15, 0.2) is 0 Å². The van der Waals surface area contributed by atoms with Crippen molar-refractivity contribution in [1.29, 1.82) is 0 Å². The molecule has 0 unspecified atom stereocenters. The number of hydrogen-bond donors (Lipinski definition) is 1. The number of ether oxygens (including phenoxy) is 1. The monoisotopic (exact) mass is 222 g/mol. The number of hydrogen-bond acceptors (Lipinski definition) is 3. The van der Waals surface area contributed by atoms with Crippen LogP contribution in [0.4, 0.5) is 4.39 Å². The number of carbonyl (C=O) groups excluding carboxylic acids is 1. The van der Waals surface area contributed by atoms with Crippen LogP contribution in [0.25, 0.3) is 5.76 Å². The molecule has 0 bridgehead atoms. The van der Waals surface area contributed by atoms with E-state index in [0.29, 0.717) is 0 Å². The van der Waals surface area contributed by atoms with Crippen molar-refractivity contribution in [2.24, 2.45) is 0 Å². The molecule has 0 aromatic heterocycles. The SMILES string of the molecule is Bc1ccc(/C(O)=C/C(=O)OCC)c(F)c1. The van der Waals surface area contributed by atoms with E-state index in [4.69, 9.17) is 0 Å². The van der Waals surface area contributed by atoms with Gasteiger partial charge >= 0.3 is 5.97 Å².